The Labute approximate surface area is 90.9 Å². The lowest BCUT2D eigenvalue weighted by molar-refractivity contribution is -0.127. The smallest absolute Gasteiger partial charge is 0.225 e. The Morgan fingerprint density at radius 1 is 1.53 bits per heavy atom. The first kappa shape index (κ1) is 12.5. The fraction of sp³-hybridized carbons (Fsp3) is 0.909. The molecule has 1 heterocycles. The van der Waals surface area contributed by atoms with E-state index in [1.807, 2.05) is 13.8 Å². The fourth-order valence-electron chi connectivity index (χ4n) is 1.79. The van der Waals surface area contributed by atoms with Gasteiger partial charge >= 0.3 is 0 Å². The van der Waals surface area contributed by atoms with Crippen molar-refractivity contribution in [3.8, 4) is 0 Å². The number of carbonyl (C=O) groups excluding carboxylic acids is 1. The standard InChI is InChI=1S/C11H21NO3/c1-11(2,8-13)4-3-5-12-7-9(14)6-10(12)15/h9,13-14H,3-8H2,1-2H3. The Morgan fingerprint density at radius 3 is 2.67 bits per heavy atom. The van der Waals surface area contributed by atoms with Gasteiger partial charge in [-0.05, 0) is 18.3 Å². The minimum absolute atomic E-state index is 0.0457. The highest BCUT2D eigenvalue weighted by Crippen LogP contribution is 2.22. The van der Waals surface area contributed by atoms with Crippen molar-refractivity contribution in [2.75, 3.05) is 19.7 Å². The first-order valence-electron chi connectivity index (χ1n) is 5.51. The predicted molar refractivity (Wildman–Crippen MR) is 57.3 cm³/mol. The number of aliphatic hydroxyl groups excluding tert-OH is 2. The summed E-state index contributed by atoms with van der Waals surface area (Å²) in [6.07, 6.45) is 1.56. The van der Waals surface area contributed by atoms with E-state index in [2.05, 4.69) is 0 Å². The van der Waals surface area contributed by atoms with Crippen LogP contribution >= 0.6 is 0 Å². The second-order valence-corrected chi connectivity index (χ2v) is 5.12. The maximum Gasteiger partial charge on any atom is 0.225 e. The summed E-state index contributed by atoms with van der Waals surface area (Å²) in [6.45, 7) is 5.35. The lowest BCUT2D eigenvalue weighted by atomic mass is 9.89. The van der Waals surface area contributed by atoms with E-state index in [4.69, 9.17) is 5.11 Å². The number of β-amino-alcohol motifs (C(OH)–C–C–N with tert-alkyl or cyclic N) is 1. The van der Waals surface area contributed by atoms with Crippen LogP contribution in [0.5, 0.6) is 0 Å². The Balaban J connectivity index is 2.23. The molecule has 1 atom stereocenters. The molecule has 1 amide bonds. The average Bonchev–Trinajstić information content (AvgIpc) is 2.45. The molecule has 4 nitrogen and oxygen atoms in total. The van der Waals surface area contributed by atoms with Crippen molar-refractivity contribution < 1.29 is 15.0 Å². The van der Waals surface area contributed by atoms with Gasteiger partial charge in [0.1, 0.15) is 0 Å². The third-order valence-electron chi connectivity index (χ3n) is 2.90. The van der Waals surface area contributed by atoms with Gasteiger partial charge in [-0.15, -0.1) is 0 Å². The molecule has 1 unspecified atom stereocenters. The fourth-order valence-corrected chi connectivity index (χ4v) is 1.79. The van der Waals surface area contributed by atoms with Crippen molar-refractivity contribution in [2.45, 2.75) is 39.2 Å². The van der Waals surface area contributed by atoms with Crippen molar-refractivity contribution in [3.63, 3.8) is 0 Å². The van der Waals surface area contributed by atoms with Crippen LogP contribution in [0.3, 0.4) is 0 Å². The molecule has 88 valence electrons. The van der Waals surface area contributed by atoms with E-state index in [0.29, 0.717) is 13.1 Å². The van der Waals surface area contributed by atoms with Gasteiger partial charge in [-0.1, -0.05) is 13.8 Å². The number of likely N-dealkylation sites (tertiary alicyclic amines) is 1. The molecular weight excluding hydrogens is 194 g/mol. The number of hydrogen-bond donors (Lipinski definition) is 2. The van der Waals surface area contributed by atoms with Gasteiger partial charge in [0.25, 0.3) is 0 Å². The highest BCUT2D eigenvalue weighted by Gasteiger charge is 2.27. The van der Waals surface area contributed by atoms with E-state index < -0.39 is 6.10 Å². The average molecular weight is 215 g/mol. The van der Waals surface area contributed by atoms with Crippen LogP contribution in [0.2, 0.25) is 0 Å². The highest BCUT2D eigenvalue weighted by atomic mass is 16.3. The molecule has 0 radical (unpaired) electrons. The minimum atomic E-state index is -0.483. The lowest BCUT2D eigenvalue weighted by Crippen LogP contribution is -2.28. The third-order valence-corrected chi connectivity index (χ3v) is 2.90. The van der Waals surface area contributed by atoms with Gasteiger partial charge in [0, 0.05) is 19.7 Å². The predicted octanol–water partition coefficient (Wildman–Crippen LogP) is 0.378. The first-order chi connectivity index (χ1) is 6.94. The zero-order valence-electron chi connectivity index (χ0n) is 9.57. The zero-order chi connectivity index (χ0) is 11.5. The molecule has 0 bridgehead atoms. The van der Waals surface area contributed by atoms with Crippen LogP contribution in [0.15, 0.2) is 0 Å². The van der Waals surface area contributed by atoms with Gasteiger partial charge in [-0.3, -0.25) is 4.79 Å². The summed E-state index contributed by atoms with van der Waals surface area (Å²) in [5.74, 6) is 0.0457. The first-order valence-corrected chi connectivity index (χ1v) is 5.51. The summed E-state index contributed by atoms with van der Waals surface area (Å²) in [5.41, 5.74) is -0.0681. The molecule has 1 fully saturated rings. The van der Waals surface area contributed by atoms with Crippen molar-refractivity contribution in [1.29, 1.82) is 0 Å². The highest BCUT2D eigenvalue weighted by molar-refractivity contribution is 5.78. The lowest BCUT2D eigenvalue weighted by Gasteiger charge is -2.23. The summed E-state index contributed by atoms with van der Waals surface area (Å²) in [6, 6.07) is 0. The Morgan fingerprint density at radius 2 is 2.20 bits per heavy atom. The second-order valence-electron chi connectivity index (χ2n) is 5.12. The number of nitrogens with zero attached hydrogens (tertiary/aromatic N) is 1. The molecule has 0 saturated carbocycles. The van der Waals surface area contributed by atoms with Gasteiger partial charge < -0.3 is 15.1 Å². The summed E-state index contributed by atoms with van der Waals surface area (Å²) in [7, 11) is 0. The molecule has 1 rings (SSSR count). The van der Waals surface area contributed by atoms with Crippen molar-refractivity contribution in [1.82, 2.24) is 4.90 Å². The second kappa shape index (κ2) is 4.94. The third kappa shape index (κ3) is 3.80. The number of amides is 1. The Bertz CT molecular complexity index is 228. The van der Waals surface area contributed by atoms with Crippen LogP contribution in [0.4, 0.5) is 0 Å². The molecule has 2 N–H and O–H groups in total. The quantitative estimate of drug-likeness (QED) is 0.697. The number of aliphatic hydroxyl groups is 2. The maximum atomic E-state index is 11.3. The molecule has 0 aromatic rings. The summed E-state index contributed by atoms with van der Waals surface area (Å²) in [5, 5.41) is 18.3. The summed E-state index contributed by atoms with van der Waals surface area (Å²) < 4.78 is 0. The maximum absolute atomic E-state index is 11.3. The van der Waals surface area contributed by atoms with Crippen LogP contribution in [0.25, 0.3) is 0 Å². The molecule has 1 saturated heterocycles. The molecular formula is C11H21NO3. The topological polar surface area (TPSA) is 60.8 Å². The van der Waals surface area contributed by atoms with Gasteiger partial charge in [-0.2, -0.15) is 0 Å². The number of carbonyl (C=O) groups is 1. The van der Waals surface area contributed by atoms with E-state index in [1.165, 1.54) is 0 Å². The summed E-state index contributed by atoms with van der Waals surface area (Å²) >= 11 is 0. The van der Waals surface area contributed by atoms with Crippen molar-refractivity contribution in [3.05, 3.63) is 0 Å². The van der Waals surface area contributed by atoms with Gasteiger partial charge in [0.15, 0.2) is 0 Å². The van der Waals surface area contributed by atoms with E-state index in [9.17, 15) is 9.90 Å². The van der Waals surface area contributed by atoms with Crippen LogP contribution in [0, 0.1) is 5.41 Å². The number of rotatable bonds is 5. The van der Waals surface area contributed by atoms with E-state index in [1.54, 1.807) is 4.90 Å². The van der Waals surface area contributed by atoms with Crippen LogP contribution < -0.4 is 0 Å². The van der Waals surface area contributed by atoms with E-state index in [0.717, 1.165) is 12.8 Å². The molecule has 0 spiro atoms. The largest absolute Gasteiger partial charge is 0.396 e. The Kier molecular flexibility index (Phi) is 4.11. The molecule has 0 aliphatic carbocycles. The summed E-state index contributed by atoms with van der Waals surface area (Å²) in [4.78, 5) is 13.0. The van der Waals surface area contributed by atoms with E-state index >= 15 is 0 Å². The molecule has 0 aromatic carbocycles. The van der Waals surface area contributed by atoms with Gasteiger partial charge in [0.05, 0.1) is 12.5 Å². The molecule has 4 heteroatoms. The SMILES string of the molecule is CC(C)(CO)CCCN1CC(O)CC1=O. The minimum Gasteiger partial charge on any atom is -0.396 e. The molecule has 1 aliphatic heterocycles. The molecule has 1 aliphatic rings. The van der Waals surface area contributed by atoms with Gasteiger partial charge in [0.2, 0.25) is 5.91 Å². The zero-order valence-corrected chi connectivity index (χ0v) is 9.57. The Hall–Kier alpha value is -0.610. The van der Waals surface area contributed by atoms with Crippen molar-refractivity contribution in [2.24, 2.45) is 5.41 Å². The van der Waals surface area contributed by atoms with Crippen LogP contribution in [0.1, 0.15) is 33.1 Å². The van der Waals surface area contributed by atoms with Crippen LogP contribution in [-0.2, 0) is 4.79 Å². The van der Waals surface area contributed by atoms with Crippen LogP contribution in [-0.4, -0.2) is 46.8 Å². The van der Waals surface area contributed by atoms with Gasteiger partial charge in [-0.25, -0.2) is 0 Å². The van der Waals surface area contributed by atoms with E-state index in [-0.39, 0.29) is 24.3 Å². The monoisotopic (exact) mass is 215 g/mol. The number of hydrogen-bond acceptors (Lipinski definition) is 3. The molecule has 15 heavy (non-hydrogen) atoms. The van der Waals surface area contributed by atoms with Crippen molar-refractivity contribution >= 4 is 5.91 Å². The molecule has 0 aromatic heterocycles. The normalized spacial score (nSPS) is 22.5.